The van der Waals surface area contributed by atoms with Crippen molar-refractivity contribution in [3.8, 4) is 0 Å². The molecule has 0 spiro atoms. The standard InChI is InChI=1S/C28H34FN7S2/c29-22-11-9-21(10-12-22)28(13-4-3-5-14-28)20-32-26(37)35-25-33-23(36-17-6-1-2-7-18-36)19-24(34-25)38-27-30-15-8-16-31-27/h8-12,15-16,19H,1-7,13-14,17-18,20H2,(H2,32,33,34,35,37). The number of rotatable bonds is 7. The van der Waals surface area contributed by atoms with E-state index in [1.54, 1.807) is 30.6 Å². The van der Waals surface area contributed by atoms with E-state index in [4.69, 9.17) is 22.2 Å². The zero-order valence-corrected chi connectivity index (χ0v) is 23.2. The highest BCUT2D eigenvalue weighted by Gasteiger charge is 2.34. The molecule has 38 heavy (non-hydrogen) atoms. The van der Waals surface area contributed by atoms with Crippen molar-refractivity contribution >= 4 is 40.9 Å². The van der Waals surface area contributed by atoms with Crippen LogP contribution in [-0.4, -0.2) is 44.7 Å². The lowest BCUT2D eigenvalue weighted by molar-refractivity contribution is 0.292. The summed E-state index contributed by atoms with van der Waals surface area (Å²) >= 11 is 7.12. The van der Waals surface area contributed by atoms with Gasteiger partial charge in [-0.1, -0.05) is 44.2 Å². The highest BCUT2D eigenvalue weighted by Crippen LogP contribution is 2.39. The molecule has 7 nitrogen and oxygen atoms in total. The Morgan fingerprint density at radius 3 is 2.34 bits per heavy atom. The van der Waals surface area contributed by atoms with Crippen LogP contribution in [0.15, 0.2) is 59.0 Å². The van der Waals surface area contributed by atoms with Crippen molar-refractivity contribution in [2.45, 2.75) is 73.4 Å². The van der Waals surface area contributed by atoms with Gasteiger partial charge in [-0.3, -0.25) is 0 Å². The van der Waals surface area contributed by atoms with Crippen LogP contribution >= 0.6 is 24.0 Å². The van der Waals surface area contributed by atoms with E-state index < -0.39 is 0 Å². The number of nitrogens with one attached hydrogen (secondary N) is 2. The van der Waals surface area contributed by atoms with Crippen molar-refractivity contribution in [1.82, 2.24) is 25.3 Å². The minimum atomic E-state index is -0.208. The molecule has 5 rings (SSSR count). The Morgan fingerprint density at radius 2 is 1.63 bits per heavy atom. The molecule has 0 radical (unpaired) electrons. The van der Waals surface area contributed by atoms with E-state index in [1.807, 2.05) is 18.2 Å². The highest BCUT2D eigenvalue weighted by molar-refractivity contribution is 7.99. The summed E-state index contributed by atoms with van der Waals surface area (Å²) in [6.45, 7) is 2.63. The van der Waals surface area contributed by atoms with Crippen molar-refractivity contribution in [3.05, 3.63) is 60.2 Å². The van der Waals surface area contributed by atoms with Gasteiger partial charge >= 0.3 is 0 Å². The maximum Gasteiger partial charge on any atom is 0.232 e. The molecule has 2 aliphatic rings. The van der Waals surface area contributed by atoms with E-state index in [0.717, 1.165) is 68.0 Å². The Hall–Kier alpha value is -2.85. The third-order valence-corrected chi connectivity index (χ3v) is 8.50. The molecule has 0 amide bonds. The molecule has 200 valence electrons. The zero-order chi connectivity index (χ0) is 26.2. The van der Waals surface area contributed by atoms with Gasteiger partial charge in [0, 0.05) is 43.5 Å². The second kappa shape index (κ2) is 12.8. The van der Waals surface area contributed by atoms with Gasteiger partial charge in [-0.2, -0.15) is 4.98 Å². The summed E-state index contributed by atoms with van der Waals surface area (Å²) in [7, 11) is 0. The van der Waals surface area contributed by atoms with E-state index >= 15 is 0 Å². The third-order valence-electron chi connectivity index (χ3n) is 7.44. The third kappa shape index (κ3) is 6.96. The maximum atomic E-state index is 13.6. The van der Waals surface area contributed by atoms with Crippen LogP contribution in [0.25, 0.3) is 0 Å². The van der Waals surface area contributed by atoms with Gasteiger partial charge in [0.25, 0.3) is 0 Å². The number of aromatic nitrogens is 4. The SMILES string of the molecule is Fc1ccc(C2(CNC(=S)Nc3nc(Sc4ncccn4)cc(N4CCCCCC4)n3)CCCCC2)cc1. The van der Waals surface area contributed by atoms with Crippen LogP contribution in [0.5, 0.6) is 0 Å². The summed E-state index contributed by atoms with van der Waals surface area (Å²) in [6, 6.07) is 10.8. The summed E-state index contributed by atoms with van der Waals surface area (Å²) in [6.07, 6.45) is 13.9. The summed E-state index contributed by atoms with van der Waals surface area (Å²) in [5.41, 5.74) is 1.09. The predicted molar refractivity (Wildman–Crippen MR) is 154 cm³/mol. The lowest BCUT2D eigenvalue weighted by Gasteiger charge is -2.38. The Kier molecular flexibility index (Phi) is 9.01. The van der Waals surface area contributed by atoms with Gasteiger partial charge in [-0.05, 0) is 73.4 Å². The summed E-state index contributed by atoms with van der Waals surface area (Å²) in [4.78, 5) is 20.6. The molecule has 10 heteroatoms. The zero-order valence-electron chi connectivity index (χ0n) is 21.5. The average Bonchev–Trinajstić information content (AvgIpc) is 3.23. The second-order valence-corrected chi connectivity index (χ2v) is 11.5. The van der Waals surface area contributed by atoms with Crippen LogP contribution in [0.2, 0.25) is 0 Å². The fourth-order valence-electron chi connectivity index (χ4n) is 5.41. The molecule has 1 aliphatic carbocycles. The first-order chi connectivity index (χ1) is 18.6. The van der Waals surface area contributed by atoms with Crippen LogP contribution in [-0.2, 0) is 5.41 Å². The molecule has 0 atom stereocenters. The van der Waals surface area contributed by atoms with Crippen LogP contribution < -0.4 is 15.5 Å². The maximum absolute atomic E-state index is 13.6. The second-order valence-electron chi connectivity index (χ2n) is 10.1. The van der Waals surface area contributed by atoms with E-state index in [9.17, 15) is 4.39 Å². The Labute approximate surface area is 233 Å². The van der Waals surface area contributed by atoms with E-state index in [2.05, 4.69) is 25.5 Å². The Morgan fingerprint density at radius 1 is 0.947 bits per heavy atom. The molecule has 0 bridgehead atoms. The fourth-order valence-corrected chi connectivity index (χ4v) is 6.28. The van der Waals surface area contributed by atoms with Crippen molar-refractivity contribution in [1.29, 1.82) is 0 Å². The first-order valence-corrected chi connectivity index (χ1v) is 14.7. The van der Waals surface area contributed by atoms with Crippen LogP contribution in [0.1, 0.15) is 63.4 Å². The number of hydrogen-bond donors (Lipinski definition) is 2. The topological polar surface area (TPSA) is 78.9 Å². The quantitative estimate of drug-likeness (QED) is 0.205. The number of benzene rings is 1. The van der Waals surface area contributed by atoms with Crippen molar-refractivity contribution in [2.75, 3.05) is 29.9 Å². The summed E-state index contributed by atoms with van der Waals surface area (Å²) < 4.78 is 13.6. The lowest BCUT2D eigenvalue weighted by atomic mass is 9.69. The molecule has 0 unspecified atom stereocenters. The van der Waals surface area contributed by atoms with Crippen LogP contribution in [0, 0.1) is 5.82 Å². The van der Waals surface area contributed by atoms with Gasteiger partial charge in [-0.25, -0.2) is 19.3 Å². The van der Waals surface area contributed by atoms with Gasteiger partial charge in [0.2, 0.25) is 5.95 Å². The van der Waals surface area contributed by atoms with Crippen molar-refractivity contribution in [3.63, 3.8) is 0 Å². The molecule has 1 saturated carbocycles. The van der Waals surface area contributed by atoms with Crippen molar-refractivity contribution < 1.29 is 4.39 Å². The number of thiocarbonyl (C=S) groups is 1. The largest absolute Gasteiger partial charge is 0.361 e. The lowest BCUT2D eigenvalue weighted by Crippen LogP contribution is -2.43. The number of hydrogen-bond acceptors (Lipinski definition) is 7. The normalized spacial score (nSPS) is 17.4. The van der Waals surface area contributed by atoms with Gasteiger partial charge in [-0.15, -0.1) is 0 Å². The Bertz CT molecular complexity index is 1200. The van der Waals surface area contributed by atoms with Gasteiger partial charge in [0.1, 0.15) is 16.7 Å². The smallest absolute Gasteiger partial charge is 0.232 e. The van der Waals surface area contributed by atoms with Crippen LogP contribution in [0.3, 0.4) is 0 Å². The highest BCUT2D eigenvalue weighted by atomic mass is 32.2. The molecule has 2 aromatic heterocycles. The van der Waals surface area contributed by atoms with Crippen molar-refractivity contribution in [2.24, 2.45) is 0 Å². The first-order valence-electron chi connectivity index (χ1n) is 13.5. The minimum Gasteiger partial charge on any atom is -0.361 e. The van der Waals surface area contributed by atoms with E-state index in [1.165, 1.54) is 31.0 Å². The molecule has 2 N–H and O–H groups in total. The van der Waals surface area contributed by atoms with E-state index in [0.29, 0.717) is 22.8 Å². The number of halogens is 1. The summed E-state index contributed by atoms with van der Waals surface area (Å²) in [5, 5.41) is 8.56. The molecular formula is C28H34FN7S2. The monoisotopic (exact) mass is 551 g/mol. The van der Waals surface area contributed by atoms with Crippen LogP contribution in [0.4, 0.5) is 16.2 Å². The average molecular weight is 552 g/mol. The summed E-state index contributed by atoms with van der Waals surface area (Å²) in [5.74, 6) is 1.14. The number of anilines is 2. The minimum absolute atomic E-state index is 0.0713. The van der Waals surface area contributed by atoms with Gasteiger partial charge in [0.15, 0.2) is 10.3 Å². The molecule has 2 fully saturated rings. The fraction of sp³-hybridized carbons (Fsp3) is 0.464. The molecule has 1 aromatic carbocycles. The molecule has 3 aromatic rings. The predicted octanol–water partition coefficient (Wildman–Crippen LogP) is 6.13. The Balaban J connectivity index is 1.32. The molecule has 1 aliphatic heterocycles. The van der Waals surface area contributed by atoms with Gasteiger partial charge < -0.3 is 15.5 Å². The molecule has 3 heterocycles. The van der Waals surface area contributed by atoms with E-state index in [-0.39, 0.29) is 11.2 Å². The van der Waals surface area contributed by atoms with Gasteiger partial charge in [0.05, 0.1) is 0 Å². The first kappa shape index (κ1) is 26.7. The molecule has 1 saturated heterocycles. The molecular weight excluding hydrogens is 517 g/mol. The number of nitrogens with zero attached hydrogens (tertiary/aromatic N) is 5.